The maximum absolute atomic E-state index is 12.6. The predicted octanol–water partition coefficient (Wildman–Crippen LogP) is 4.19. The molecule has 0 amide bonds. The molecule has 0 aliphatic heterocycles. The van der Waals surface area contributed by atoms with Gasteiger partial charge in [-0.25, -0.2) is 4.98 Å². The minimum atomic E-state index is 0.0499. The molecule has 0 N–H and O–H groups in total. The van der Waals surface area contributed by atoms with Crippen LogP contribution in [0.5, 0.6) is 0 Å². The lowest BCUT2D eigenvalue weighted by Gasteiger charge is -2.08. The van der Waals surface area contributed by atoms with Crippen LogP contribution in [0.4, 0.5) is 0 Å². The summed E-state index contributed by atoms with van der Waals surface area (Å²) in [6.45, 7) is 7.02. The molecule has 0 saturated carbocycles. The van der Waals surface area contributed by atoms with Crippen molar-refractivity contribution in [1.29, 1.82) is 0 Å². The summed E-state index contributed by atoms with van der Waals surface area (Å²) in [6.07, 6.45) is 2.61. The highest BCUT2D eigenvalue weighted by atomic mass is 32.1. The second-order valence-electron chi connectivity index (χ2n) is 5.86. The molecule has 2 aromatic heterocycles. The fourth-order valence-corrected chi connectivity index (χ4v) is 3.43. The lowest BCUT2D eigenvalue weighted by atomic mass is 10.0. The van der Waals surface area contributed by atoms with Crippen molar-refractivity contribution in [2.24, 2.45) is 0 Å². The largest absolute Gasteiger partial charge is 0.294 e. The molecule has 0 atom stereocenters. The number of fused-ring (bicyclic) bond motifs is 1. The van der Waals surface area contributed by atoms with Crippen LogP contribution >= 0.6 is 11.3 Å². The molecule has 0 aliphatic rings. The minimum absolute atomic E-state index is 0.0499. The number of thiophene rings is 1. The van der Waals surface area contributed by atoms with Crippen LogP contribution in [0, 0.1) is 0 Å². The van der Waals surface area contributed by atoms with Gasteiger partial charge in [0.05, 0.1) is 18.3 Å². The van der Waals surface area contributed by atoms with E-state index in [1.807, 2.05) is 6.07 Å². The molecule has 0 unspecified atom stereocenters. The fraction of sp³-hybridized carbons (Fsp3) is 0.333. The summed E-state index contributed by atoms with van der Waals surface area (Å²) in [6, 6.07) is 10.4. The lowest BCUT2D eigenvalue weighted by molar-refractivity contribution is 0.748. The Balaban J connectivity index is 1.93. The van der Waals surface area contributed by atoms with Crippen molar-refractivity contribution < 1.29 is 0 Å². The first-order valence-electron chi connectivity index (χ1n) is 7.65. The zero-order valence-electron chi connectivity index (χ0n) is 13.2. The van der Waals surface area contributed by atoms with Gasteiger partial charge in [-0.1, -0.05) is 45.0 Å². The monoisotopic (exact) mass is 312 g/mol. The summed E-state index contributed by atoms with van der Waals surface area (Å²) >= 11 is 1.61. The van der Waals surface area contributed by atoms with E-state index >= 15 is 0 Å². The smallest absolute Gasteiger partial charge is 0.262 e. The number of benzene rings is 1. The molecule has 3 rings (SSSR count). The second-order valence-corrected chi connectivity index (χ2v) is 6.97. The Morgan fingerprint density at radius 3 is 2.59 bits per heavy atom. The van der Waals surface area contributed by atoms with Crippen LogP contribution in [0.2, 0.25) is 0 Å². The van der Waals surface area contributed by atoms with E-state index < -0.39 is 0 Å². The Kier molecular flexibility index (Phi) is 4.12. The third kappa shape index (κ3) is 2.83. The van der Waals surface area contributed by atoms with Gasteiger partial charge >= 0.3 is 0 Å². The summed E-state index contributed by atoms with van der Waals surface area (Å²) in [5, 5.41) is 0.739. The molecular formula is C18H20N2OS. The van der Waals surface area contributed by atoms with Crippen molar-refractivity contribution in [3.63, 3.8) is 0 Å². The van der Waals surface area contributed by atoms with E-state index in [4.69, 9.17) is 0 Å². The molecule has 0 spiro atoms. The van der Waals surface area contributed by atoms with E-state index in [0.29, 0.717) is 12.5 Å². The second kappa shape index (κ2) is 6.05. The molecular weight excluding hydrogens is 292 g/mol. The summed E-state index contributed by atoms with van der Waals surface area (Å²) in [5.41, 5.74) is 2.49. The van der Waals surface area contributed by atoms with Crippen LogP contribution in [-0.2, 0) is 13.0 Å². The summed E-state index contributed by atoms with van der Waals surface area (Å²) in [5.74, 6) is 0.521. The van der Waals surface area contributed by atoms with Crippen molar-refractivity contribution in [2.75, 3.05) is 0 Å². The SMILES string of the molecule is CCc1cc2c(=O)n(Cc3ccc(C(C)C)cc3)cnc2s1. The predicted molar refractivity (Wildman–Crippen MR) is 92.9 cm³/mol. The third-order valence-corrected chi connectivity index (χ3v) is 5.10. The molecule has 22 heavy (non-hydrogen) atoms. The molecule has 0 saturated heterocycles. The van der Waals surface area contributed by atoms with Crippen LogP contribution in [0.1, 0.15) is 42.7 Å². The molecule has 1 aromatic carbocycles. The van der Waals surface area contributed by atoms with Gasteiger partial charge in [0.25, 0.3) is 5.56 Å². The van der Waals surface area contributed by atoms with Crippen molar-refractivity contribution in [3.8, 4) is 0 Å². The van der Waals surface area contributed by atoms with Crippen molar-refractivity contribution in [2.45, 2.75) is 39.7 Å². The van der Waals surface area contributed by atoms with Gasteiger partial charge in [0, 0.05) is 4.88 Å². The first-order valence-corrected chi connectivity index (χ1v) is 8.47. The van der Waals surface area contributed by atoms with Gasteiger partial charge in [0.2, 0.25) is 0 Å². The van der Waals surface area contributed by atoms with Gasteiger partial charge in [-0.15, -0.1) is 11.3 Å². The average molecular weight is 312 g/mol. The normalized spacial score (nSPS) is 11.5. The number of nitrogens with zero attached hydrogens (tertiary/aromatic N) is 2. The number of hydrogen-bond acceptors (Lipinski definition) is 3. The molecule has 114 valence electrons. The zero-order valence-corrected chi connectivity index (χ0v) is 14.0. The van der Waals surface area contributed by atoms with E-state index in [0.717, 1.165) is 22.2 Å². The Bertz CT molecular complexity index is 844. The molecule has 0 bridgehead atoms. The van der Waals surface area contributed by atoms with E-state index in [2.05, 4.69) is 50.0 Å². The van der Waals surface area contributed by atoms with Crippen molar-refractivity contribution in [3.05, 3.63) is 63.0 Å². The summed E-state index contributed by atoms with van der Waals surface area (Å²) in [7, 11) is 0. The van der Waals surface area contributed by atoms with Crippen LogP contribution in [0.3, 0.4) is 0 Å². The number of aromatic nitrogens is 2. The molecule has 0 radical (unpaired) electrons. The third-order valence-electron chi connectivity index (χ3n) is 3.92. The molecule has 0 fully saturated rings. The van der Waals surface area contributed by atoms with Crippen LogP contribution in [0.15, 0.2) is 41.5 Å². The number of rotatable bonds is 4. The fourth-order valence-electron chi connectivity index (χ4n) is 2.50. The molecule has 4 heteroatoms. The number of aryl methyl sites for hydroxylation is 1. The van der Waals surface area contributed by atoms with E-state index in [9.17, 15) is 4.79 Å². The summed E-state index contributed by atoms with van der Waals surface area (Å²) < 4.78 is 1.69. The molecule has 2 heterocycles. The van der Waals surface area contributed by atoms with Gasteiger partial charge in [-0.05, 0) is 29.5 Å². The van der Waals surface area contributed by atoms with Crippen LogP contribution in [-0.4, -0.2) is 9.55 Å². The average Bonchev–Trinajstić information content (AvgIpc) is 2.95. The topological polar surface area (TPSA) is 34.9 Å². The first kappa shape index (κ1) is 15.0. The van der Waals surface area contributed by atoms with E-state index in [1.165, 1.54) is 10.4 Å². The Morgan fingerprint density at radius 2 is 1.95 bits per heavy atom. The van der Waals surface area contributed by atoms with Crippen LogP contribution < -0.4 is 5.56 Å². The maximum Gasteiger partial charge on any atom is 0.262 e. The highest BCUT2D eigenvalue weighted by molar-refractivity contribution is 7.18. The van der Waals surface area contributed by atoms with E-state index in [1.54, 1.807) is 22.2 Å². The highest BCUT2D eigenvalue weighted by Gasteiger charge is 2.08. The van der Waals surface area contributed by atoms with Gasteiger partial charge in [-0.3, -0.25) is 9.36 Å². The Morgan fingerprint density at radius 1 is 1.23 bits per heavy atom. The van der Waals surface area contributed by atoms with Crippen LogP contribution in [0.25, 0.3) is 10.2 Å². The maximum atomic E-state index is 12.6. The molecule has 3 aromatic rings. The standard InChI is InChI=1S/C18H20N2OS/c1-4-15-9-16-17(22-15)19-11-20(18(16)21)10-13-5-7-14(8-6-13)12(2)3/h5-9,11-12H,4,10H2,1-3H3. The van der Waals surface area contributed by atoms with Gasteiger partial charge in [0.1, 0.15) is 4.83 Å². The highest BCUT2D eigenvalue weighted by Crippen LogP contribution is 2.21. The zero-order chi connectivity index (χ0) is 15.7. The number of hydrogen-bond donors (Lipinski definition) is 0. The Labute approximate surface area is 134 Å². The van der Waals surface area contributed by atoms with Gasteiger partial charge in [0.15, 0.2) is 0 Å². The quantitative estimate of drug-likeness (QED) is 0.724. The summed E-state index contributed by atoms with van der Waals surface area (Å²) in [4.78, 5) is 19.0. The minimum Gasteiger partial charge on any atom is -0.294 e. The molecule has 3 nitrogen and oxygen atoms in total. The van der Waals surface area contributed by atoms with Crippen molar-refractivity contribution in [1.82, 2.24) is 9.55 Å². The molecule has 0 aliphatic carbocycles. The van der Waals surface area contributed by atoms with E-state index in [-0.39, 0.29) is 5.56 Å². The van der Waals surface area contributed by atoms with Crippen molar-refractivity contribution >= 4 is 21.6 Å². The first-order chi connectivity index (χ1) is 10.6. The van der Waals surface area contributed by atoms with Gasteiger partial charge < -0.3 is 0 Å². The van der Waals surface area contributed by atoms with Gasteiger partial charge in [-0.2, -0.15) is 0 Å². The Hall–Kier alpha value is -1.94. The lowest BCUT2D eigenvalue weighted by Crippen LogP contribution is -2.20.